The predicted molar refractivity (Wildman–Crippen MR) is 135 cm³/mol. The van der Waals surface area contributed by atoms with E-state index < -0.39 is 11.4 Å². The molecule has 2 aromatic carbocycles. The van der Waals surface area contributed by atoms with Crippen molar-refractivity contribution in [3.05, 3.63) is 95.9 Å². The molecule has 3 amide bonds. The average Bonchev–Trinajstić information content (AvgIpc) is 3.36. The Morgan fingerprint density at radius 3 is 1.66 bits per heavy atom. The summed E-state index contributed by atoms with van der Waals surface area (Å²) in [6.45, 7) is 11.5. The molecule has 0 radical (unpaired) electrons. The van der Waals surface area contributed by atoms with Crippen molar-refractivity contribution in [2.24, 2.45) is 0 Å². The van der Waals surface area contributed by atoms with E-state index in [1.807, 2.05) is 65.8 Å². The molecule has 3 aromatic rings. The third-order valence-corrected chi connectivity index (χ3v) is 4.44. The molecule has 0 saturated carbocycles. The number of amides is 3. The van der Waals surface area contributed by atoms with Crippen LogP contribution in [0, 0.1) is 0 Å². The molecule has 186 valence electrons. The van der Waals surface area contributed by atoms with Crippen molar-refractivity contribution in [3.63, 3.8) is 0 Å². The summed E-state index contributed by atoms with van der Waals surface area (Å²) < 4.78 is 5.12. The Morgan fingerprint density at radius 2 is 1.23 bits per heavy atom. The first kappa shape index (κ1) is 27.3. The maximum Gasteiger partial charge on any atom is 0.308 e. The maximum absolute atomic E-state index is 12.4. The Kier molecular flexibility index (Phi) is 9.36. The summed E-state index contributed by atoms with van der Waals surface area (Å²) in [4.78, 5) is 36.2. The van der Waals surface area contributed by atoms with Gasteiger partial charge in [0.25, 0.3) is 11.8 Å². The van der Waals surface area contributed by atoms with Crippen molar-refractivity contribution < 1.29 is 18.8 Å². The highest BCUT2D eigenvalue weighted by atomic mass is 16.3. The molecule has 8 heteroatoms. The molecule has 0 aliphatic heterocycles. The van der Waals surface area contributed by atoms with Crippen LogP contribution in [-0.2, 0) is 0 Å². The van der Waals surface area contributed by atoms with Crippen molar-refractivity contribution in [3.8, 4) is 0 Å². The molecule has 1 heterocycles. The van der Waals surface area contributed by atoms with Gasteiger partial charge in [-0.1, -0.05) is 36.4 Å². The highest BCUT2D eigenvalue weighted by Gasteiger charge is 2.31. The Hall–Kier alpha value is -3.91. The zero-order valence-electron chi connectivity index (χ0n) is 21.1. The number of carbonyl (C=O) groups excluding carboxylic acids is 3. The van der Waals surface area contributed by atoms with Crippen LogP contribution in [0.25, 0.3) is 0 Å². The van der Waals surface area contributed by atoms with Gasteiger partial charge in [-0.2, -0.15) is 0 Å². The molecule has 0 spiro atoms. The first-order chi connectivity index (χ1) is 16.4. The molecule has 0 atom stereocenters. The van der Waals surface area contributed by atoms with E-state index in [-0.39, 0.29) is 23.1 Å². The second-order valence-electron chi connectivity index (χ2n) is 9.79. The summed E-state index contributed by atoms with van der Waals surface area (Å²) in [5.41, 5.74) is 8.65. The molecule has 0 fully saturated rings. The van der Waals surface area contributed by atoms with Gasteiger partial charge in [-0.3, -0.25) is 25.2 Å². The molecule has 8 nitrogen and oxygen atoms in total. The lowest BCUT2D eigenvalue weighted by atomic mass is 10.1. The van der Waals surface area contributed by atoms with Crippen LogP contribution in [0.5, 0.6) is 0 Å². The van der Waals surface area contributed by atoms with E-state index in [1.54, 1.807) is 48.5 Å². The third kappa shape index (κ3) is 9.10. The number of hydrazine groups is 2. The molecule has 1 aromatic heterocycles. The molecular weight excluding hydrogens is 444 g/mol. The second kappa shape index (κ2) is 12.0. The van der Waals surface area contributed by atoms with Gasteiger partial charge in [0.15, 0.2) is 5.76 Å². The number of rotatable bonds is 4. The summed E-state index contributed by atoms with van der Waals surface area (Å²) in [5.74, 6) is -0.666. The zero-order valence-corrected chi connectivity index (χ0v) is 21.1. The summed E-state index contributed by atoms with van der Waals surface area (Å²) in [6.07, 6.45) is 1.42. The molecular formula is C27H34N4O4. The fraction of sp³-hybridized carbons (Fsp3) is 0.296. The van der Waals surface area contributed by atoms with Gasteiger partial charge in [-0.05, 0) is 77.9 Å². The largest absolute Gasteiger partial charge is 0.459 e. The number of furan rings is 1. The van der Waals surface area contributed by atoms with Gasteiger partial charge in [0.1, 0.15) is 0 Å². The fourth-order valence-corrected chi connectivity index (χ4v) is 2.70. The Morgan fingerprint density at radius 1 is 0.714 bits per heavy atom. The SMILES string of the molecule is CC(C)(C)N(NC(=O)c1ccccc1)C(=O)c1ccco1.CC(C)(C)NNC(=O)c1ccccc1. The predicted octanol–water partition coefficient (Wildman–Crippen LogP) is 4.58. The fourth-order valence-electron chi connectivity index (χ4n) is 2.70. The number of carbonyl (C=O) groups is 3. The summed E-state index contributed by atoms with van der Waals surface area (Å²) in [7, 11) is 0. The van der Waals surface area contributed by atoms with Crippen LogP contribution in [0.4, 0.5) is 0 Å². The Bertz CT molecular complexity index is 1080. The summed E-state index contributed by atoms with van der Waals surface area (Å²) in [5, 5.41) is 1.28. The smallest absolute Gasteiger partial charge is 0.308 e. The number of benzene rings is 2. The van der Waals surface area contributed by atoms with E-state index in [2.05, 4.69) is 16.3 Å². The normalized spacial score (nSPS) is 11.0. The number of hydrogen-bond donors (Lipinski definition) is 3. The molecule has 3 rings (SSSR count). The molecule has 3 N–H and O–H groups in total. The van der Waals surface area contributed by atoms with Crippen LogP contribution < -0.4 is 16.3 Å². The minimum absolute atomic E-state index is 0.111. The highest BCUT2D eigenvalue weighted by molar-refractivity contribution is 5.98. The lowest BCUT2D eigenvalue weighted by Crippen LogP contribution is -2.55. The minimum atomic E-state index is -0.589. The van der Waals surface area contributed by atoms with E-state index in [0.29, 0.717) is 11.1 Å². The molecule has 0 aliphatic carbocycles. The van der Waals surface area contributed by atoms with Gasteiger partial charge in [0, 0.05) is 16.7 Å². The number of nitrogens with one attached hydrogen (secondary N) is 3. The van der Waals surface area contributed by atoms with Crippen LogP contribution >= 0.6 is 0 Å². The van der Waals surface area contributed by atoms with Gasteiger partial charge in [0.05, 0.1) is 11.8 Å². The molecule has 0 unspecified atom stereocenters. The van der Waals surface area contributed by atoms with Gasteiger partial charge in [-0.15, -0.1) is 0 Å². The van der Waals surface area contributed by atoms with Crippen molar-refractivity contribution in [2.75, 3.05) is 0 Å². The van der Waals surface area contributed by atoms with Crippen LogP contribution in [0.1, 0.15) is 72.8 Å². The lowest BCUT2D eigenvalue weighted by Gasteiger charge is -2.34. The van der Waals surface area contributed by atoms with Crippen LogP contribution in [0.3, 0.4) is 0 Å². The Balaban J connectivity index is 0.000000269. The van der Waals surface area contributed by atoms with E-state index in [4.69, 9.17) is 4.42 Å². The first-order valence-corrected chi connectivity index (χ1v) is 11.2. The minimum Gasteiger partial charge on any atom is -0.459 e. The Labute approximate surface area is 206 Å². The summed E-state index contributed by atoms with van der Waals surface area (Å²) >= 11 is 0. The first-order valence-electron chi connectivity index (χ1n) is 11.2. The van der Waals surface area contributed by atoms with E-state index in [0.717, 1.165) is 0 Å². The molecule has 0 bridgehead atoms. The second-order valence-corrected chi connectivity index (χ2v) is 9.79. The van der Waals surface area contributed by atoms with Crippen LogP contribution in [0.15, 0.2) is 83.5 Å². The van der Waals surface area contributed by atoms with Gasteiger partial charge in [-0.25, -0.2) is 10.4 Å². The van der Waals surface area contributed by atoms with Crippen LogP contribution in [0.2, 0.25) is 0 Å². The lowest BCUT2D eigenvalue weighted by molar-refractivity contribution is 0.0333. The van der Waals surface area contributed by atoms with Gasteiger partial charge < -0.3 is 4.42 Å². The van der Waals surface area contributed by atoms with Gasteiger partial charge >= 0.3 is 5.91 Å². The van der Waals surface area contributed by atoms with E-state index in [9.17, 15) is 14.4 Å². The maximum atomic E-state index is 12.4. The average molecular weight is 479 g/mol. The monoisotopic (exact) mass is 478 g/mol. The van der Waals surface area contributed by atoms with Crippen LogP contribution in [-0.4, -0.2) is 33.8 Å². The molecule has 35 heavy (non-hydrogen) atoms. The van der Waals surface area contributed by atoms with Crippen molar-refractivity contribution in [2.45, 2.75) is 52.6 Å². The van der Waals surface area contributed by atoms with E-state index >= 15 is 0 Å². The van der Waals surface area contributed by atoms with Crippen molar-refractivity contribution in [1.29, 1.82) is 0 Å². The quantitative estimate of drug-likeness (QED) is 0.476. The van der Waals surface area contributed by atoms with Crippen molar-refractivity contribution >= 4 is 17.7 Å². The number of nitrogens with zero attached hydrogens (tertiary/aromatic N) is 1. The van der Waals surface area contributed by atoms with Gasteiger partial charge in [0.2, 0.25) is 0 Å². The summed E-state index contributed by atoms with van der Waals surface area (Å²) in [6, 6.07) is 21.1. The molecule has 0 aliphatic rings. The molecule has 0 saturated heterocycles. The van der Waals surface area contributed by atoms with E-state index in [1.165, 1.54) is 11.3 Å². The zero-order chi connectivity index (χ0) is 26.1. The van der Waals surface area contributed by atoms with Crippen molar-refractivity contribution in [1.82, 2.24) is 21.3 Å². The number of hydrogen-bond acceptors (Lipinski definition) is 5. The standard InChI is InChI=1S/C16H18N2O3.C11H16N2O/c1-16(2,3)18(15(20)13-10-7-11-21-13)17-14(19)12-8-5-4-6-9-12;1-11(2,3)13-12-10(14)9-7-5-4-6-8-9/h4-11H,1-3H3,(H,17,19);4-8,13H,1-3H3,(H,12,14). The third-order valence-electron chi connectivity index (χ3n) is 4.44. The highest BCUT2D eigenvalue weighted by Crippen LogP contribution is 2.16. The topological polar surface area (TPSA) is 104 Å².